The number of nitrogens with zero attached hydrogens (tertiary/aromatic N) is 2. The third-order valence-electron chi connectivity index (χ3n) is 2.58. The molecule has 0 radical (unpaired) electrons. The molecule has 0 fully saturated rings. The van der Waals surface area contributed by atoms with Crippen LogP contribution >= 0.6 is 11.3 Å². The van der Waals surface area contributed by atoms with E-state index in [9.17, 15) is 0 Å². The number of hydrogen-bond donors (Lipinski definition) is 1. The van der Waals surface area contributed by atoms with Gasteiger partial charge in [-0.05, 0) is 40.6 Å². The van der Waals surface area contributed by atoms with E-state index in [1.54, 1.807) is 11.3 Å². The molecule has 0 atom stereocenters. The Kier molecular flexibility index (Phi) is 2.15. The summed E-state index contributed by atoms with van der Waals surface area (Å²) >= 11 is 1.70. The minimum atomic E-state index is 0.777. The first-order chi connectivity index (χ1) is 7.83. The van der Waals surface area contributed by atoms with Crippen LogP contribution < -0.4 is 5.73 Å². The molecule has 0 amide bonds. The van der Waals surface area contributed by atoms with Crippen LogP contribution in [0, 0.1) is 0 Å². The van der Waals surface area contributed by atoms with E-state index in [1.165, 1.54) is 5.56 Å². The third kappa shape index (κ3) is 1.57. The van der Waals surface area contributed by atoms with Gasteiger partial charge in [-0.3, -0.25) is 4.68 Å². The predicted octanol–water partition coefficient (Wildman–Crippen LogP) is 2.73. The van der Waals surface area contributed by atoms with Crippen LogP contribution in [0.5, 0.6) is 0 Å². The van der Waals surface area contributed by atoms with Crippen LogP contribution in [-0.2, 0) is 6.54 Å². The Morgan fingerprint density at radius 2 is 2.25 bits per heavy atom. The lowest BCUT2D eigenvalue weighted by molar-refractivity contribution is 0.714. The summed E-state index contributed by atoms with van der Waals surface area (Å²) in [5.41, 5.74) is 8.93. The molecular weight excluding hydrogens is 218 g/mol. The van der Waals surface area contributed by atoms with Crippen molar-refractivity contribution in [3.8, 4) is 0 Å². The van der Waals surface area contributed by atoms with Crippen molar-refractivity contribution in [3.05, 3.63) is 46.8 Å². The molecule has 0 unspecified atom stereocenters. The van der Waals surface area contributed by atoms with Gasteiger partial charge in [0.1, 0.15) is 0 Å². The van der Waals surface area contributed by atoms with Crippen LogP contribution in [0.2, 0.25) is 0 Å². The molecule has 0 saturated heterocycles. The van der Waals surface area contributed by atoms with Crippen molar-refractivity contribution in [3.63, 3.8) is 0 Å². The highest BCUT2D eigenvalue weighted by Crippen LogP contribution is 2.18. The summed E-state index contributed by atoms with van der Waals surface area (Å²) in [5.74, 6) is 0. The largest absolute Gasteiger partial charge is 0.399 e. The Morgan fingerprint density at radius 3 is 3.06 bits per heavy atom. The molecule has 1 aromatic carbocycles. The smallest absolute Gasteiger partial charge is 0.0706 e. The number of nitrogens with two attached hydrogens (primary N) is 1. The fraction of sp³-hybridized carbons (Fsp3) is 0.0833. The summed E-state index contributed by atoms with van der Waals surface area (Å²) in [6, 6.07) is 7.99. The molecule has 3 aromatic rings. The number of anilines is 1. The first-order valence-electron chi connectivity index (χ1n) is 5.05. The Bertz CT molecular complexity index is 610. The van der Waals surface area contributed by atoms with Crippen molar-refractivity contribution in [2.75, 3.05) is 5.73 Å². The summed E-state index contributed by atoms with van der Waals surface area (Å²) in [7, 11) is 0. The molecule has 80 valence electrons. The molecule has 0 aliphatic heterocycles. The van der Waals surface area contributed by atoms with E-state index in [-0.39, 0.29) is 0 Å². The number of rotatable bonds is 2. The minimum Gasteiger partial charge on any atom is -0.399 e. The monoisotopic (exact) mass is 229 g/mol. The molecule has 4 heteroatoms. The highest BCUT2D eigenvalue weighted by Gasteiger charge is 2.03. The number of hydrogen-bond acceptors (Lipinski definition) is 3. The predicted molar refractivity (Wildman–Crippen MR) is 67.6 cm³/mol. The second-order valence-electron chi connectivity index (χ2n) is 3.75. The third-order valence-corrected chi connectivity index (χ3v) is 3.31. The molecule has 3 rings (SSSR count). The zero-order chi connectivity index (χ0) is 11.0. The molecule has 0 saturated carbocycles. The number of thiophene rings is 1. The maximum Gasteiger partial charge on any atom is 0.0706 e. The van der Waals surface area contributed by atoms with Crippen LogP contribution in [0.1, 0.15) is 5.56 Å². The lowest BCUT2D eigenvalue weighted by atomic mass is 10.2. The van der Waals surface area contributed by atoms with Crippen molar-refractivity contribution in [1.82, 2.24) is 9.78 Å². The van der Waals surface area contributed by atoms with Gasteiger partial charge in [-0.2, -0.15) is 16.4 Å². The number of aromatic nitrogens is 2. The molecule has 3 nitrogen and oxygen atoms in total. The van der Waals surface area contributed by atoms with E-state index >= 15 is 0 Å². The van der Waals surface area contributed by atoms with Gasteiger partial charge in [-0.15, -0.1) is 0 Å². The van der Waals surface area contributed by atoms with Crippen LogP contribution in [0.3, 0.4) is 0 Å². The molecule has 0 aliphatic rings. The van der Waals surface area contributed by atoms with Gasteiger partial charge in [0.05, 0.1) is 18.3 Å². The first kappa shape index (κ1) is 9.42. The molecule has 0 bridgehead atoms. The Balaban J connectivity index is 2.07. The van der Waals surface area contributed by atoms with Crippen molar-refractivity contribution >= 4 is 27.9 Å². The van der Waals surface area contributed by atoms with Gasteiger partial charge < -0.3 is 5.73 Å². The van der Waals surface area contributed by atoms with Crippen molar-refractivity contribution < 1.29 is 0 Å². The fourth-order valence-electron chi connectivity index (χ4n) is 1.77. The van der Waals surface area contributed by atoms with E-state index in [4.69, 9.17) is 5.73 Å². The Morgan fingerprint density at radius 1 is 1.31 bits per heavy atom. The summed E-state index contributed by atoms with van der Waals surface area (Å²) in [6.45, 7) is 0.802. The minimum absolute atomic E-state index is 0.777. The summed E-state index contributed by atoms with van der Waals surface area (Å²) in [5, 5.41) is 9.72. The molecule has 0 spiro atoms. The van der Waals surface area contributed by atoms with Gasteiger partial charge in [0.25, 0.3) is 0 Å². The number of benzene rings is 1. The average molecular weight is 229 g/mol. The van der Waals surface area contributed by atoms with Crippen molar-refractivity contribution in [2.24, 2.45) is 0 Å². The highest BCUT2D eigenvalue weighted by atomic mass is 32.1. The zero-order valence-electron chi connectivity index (χ0n) is 8.63. The second kappa shape index (κ2) is 3.64. The van der Waals surface area contributed by atoms with Crippen LogP contribution in [-0.4, -0.2) is 9.78 Å². The normalized spacial score (nSPS) is 11.0. The maximum atomic E-state index is 5.79. The van der Waals surface area contributed by atoms with E-state index in [2.05, 4.69) is 21.9 Å². The van der Waals surface area contributed by atoms with Crippen LogP contribution in [0.25, 0.3) is 10.9 Å². The Hall–Kier alpha value is -1.81. The number of fused-ring (bicyclic) bond motifs is 1. The van der Waals surface area contributed by atoms with Gasteiger partial charge in [-0.25, -0.2) is 0 Å². The summed E-state index contributed by atoms with van der Waals surface area (Å²) < 4.78 is 1.98. The zero-order valence-corrected chi connectivity index (χ0v) is 9.45. The fourth-order valence-corrected chi connectivity index (χ4v) is 2.43. The summed E-state index contributed by atoms with van der Waals surface area (Å²) in [6.07, 6.45) is 1.88. The highest BCUT2D eigenvalue weighted by molar-refractivity contribution is 7.07. The molecule has 2 aromatic heterocycles. The SMILES string of the molecule is Nc1ccc2cnn(Cc3ccsc3)c2c1. The van der Waals surface area contributed by atoms with Crippen LogP contribution in [0.15, 0.2) is 41.2 Å². The Labute approximate surface area is 97.1 Å². The van der Waals surface area contributed by atoms with Gasteiger partial charge in [-0.1, -0.05) is 0 Å². The van der Waals surface area contributed by atoms with Gasteiger partial charge >= 0.3 is 0 Å². The topological polar surface area (TPSA) is 43.8 Å². The van der Waals surface area contributed by atoms with E-state index in [0.29, 0.717) is 0 Å². The quantitative estimate of drug-likeness (QED) is 0.687. The second-order valence-corrected chi connectivity index (χ2v) is 4.53. The molecule has 2 heterocycles. The lowest BCUT2D eigenvalue weighted by Crippen LogP contribution is -2.00. The van der Waals surface area contributed by atoms with Crippen molar-refractivity contribution in [1.29, 1.82) is 0 Å². The van der Waals surface area contributed by atoms with Gasteiger partial charge in [0, 0.05) is 11.1 Å². The standard InChI is InChI=1S/C12H11N3S/c13-11-2-1-10-6-14-15(12(10)5-11)7-9-3-4-16-8-9/h1-6,8H,7,13H2. The van der Waals surface area contributed by atoms with Gasteiger partial charge in [0.15, 0.2) is 0 Å². The molecule has 16 heavy (non-hydrogen) atoms. The van der Waals surface area contributed by atoms with Crippen molar-refractivity contribution in [2.45, 2.75) is 6.54 Å². The van der Waals surface area contributed by atoms with E-state index in [0.717, 1.165) is 23.1 Å². The van der Waals surface area contributed by atoms with E-state index < -0.39 is 0 Å². The molecular formula is C12H11N3S. The molecule has 0 aliphatic carbocycles. The van der Waals surface area contributed by atoms with Crippen LogP contribution in [0.4, 0.5) is 5.69 Å². The average Bonchev–Trinajstić information content (AvgIpc) is 2.90. The summed E-state index contributed by atoms with van der Waals surface area (Å²) in [4.78, 5) is 0. The number of nitrogen functional groups attached to an aromatic ring is 1. The molecule has 2 N–H and O–H groups in total. The lowest BCUT2D eigenvalue weighted by Gasteiger charge is -2.02. The van der Waals surface area contributed by atoms with E-state index in [1.807, 2.05) is 29.1 Å². The van der Waals surface area contributed by atoms with Gasteiger partial charge in [0.2, 0.25) is 0 Å². The maximum absolute atomic E-state index is 5.79. The first-order valence-corrected chi connectivity index (χ1v) is 5.99.